The Kier molecular flexibility index (Phi) is 3.50. The van der Waals surface area contributed by atoms with E-state index in [4.69, 9.17) is 0 Å². The molecule has 0 bridgehead atoms. The molecule has 0 saturated carbocycles. The lowest BCUT2D eigenvalue weighted by Gasteiger charge is -2.29. The van der Waals surface area contributed by atoms with Gasteiger partial charge >= 0.3 is 0 Å². The van der Waals surface area contributed by atoms with Crippen molar-refractivity contribution in [1.82, 2.24) is 24.6 Å². The van der Waals surface area contributed by atoms with E-state index in [1.165, 1.54) is 32.4 Å². The number of fused-ring (bicyclic) bond motifs is 1. The van der Waals surface area contributed by atoms with Gasteiger partial charge in [0, 0.05) is 20.0 Å². The van der Waals surface area contributed by atoms with E-state index in [1.807, 2.05) is 4.90 Å². The zero-order valence-corrected chi connectivity index (χ0v) is 11.5. The molecule has 0 radical (unpaired) electrons. The molecule has 1 amide bonds. The zero-order valence-electron chi connectivity index (χ0n) is 11.5. The molecule has 3 rings (SSSR count). The predicted molar refractivity (Wildman–Crippen MR) is 70.2 cm³/mol. The molecule has 0 aliphatic carbocycles. The molecule has 19 heavy (non-hydrogen) atoms. The lowest BCUT2D eigenvalue weighted by Crippen LogP contribution is -2.38. The number of likely N-dealkylation sites (tertiary alicyclic amines) is 1. The molecule has 2 aliphatic rings. The molecule has 1 fully saturated rings. The minimum Gasteiger partial charge on any atom is -0.334 e. The molecule has 0 unspecified atom stereocenters. The average Bonchev–Trinajstić information content (AvgIpc) is 2.82. The van der Waals surface area contributed by atoms with Crippen molar-refractivity contribution >= 4 is 5.91 Å². The summed E-state index contributed by atoms with van der Waals surface area (Å²) in [5.74, 6) is 2.10. The number of hydrogen-bond donors (Lipinski definition) is 0. The van der Waals surface area contributed by atoms with Gasteiger partial charge in [-0.2, -0.15) is 0 Å². The minimum absolute atomic E-state index is 0.117. The normalized spacial score (nSPS) is 20.4. The van der Waals surface area contributed by atoms with E-state index in [9.17, 15) is 4.79 Å². The lowest BCUT2D eigenvalue weighted by molar-refractivity contribution is -0.130. The van der Waals surface area contributed by atoms with Crippen LogP contribution in [0.4, 0.5) is 0 Å². The number of carbonyl (C=O) groups is 1. The van der Waals surface area contributed by atoms with Crippen molar-refractivity contribution in [3.63, 3.8) is 0 Å². The fourth-order valence-electron chi connectivity index (χ4n) is 2.92. The standard InChI is InChI=1S/C13H21N5O/c1-11(19)17-7-8-18-12(14-15-13(18)10-17)9-16-5-3-2-4-6-16/h2-10H2,1H3. The molecular formula is C13H21N5O. The summed E-state index contributed by atoms with van der Waals surface area (Å²) in [7, 11) is 0. The van der Waals surface area contributed by atoms with Crippen molar-refractivity contribution in [3.05, 3.63) is 11.6 Å². The molecule has 0 N–H and O–H groups in total. The van der Waals surface area contributed by atoms with Gasteiger partial charge in [0.05, 0.1) is 13.1 Å². The van der Waals surface area contributed by atoms with Crippen molar-refractivity contribution in [2.45, 2.75) is 45.8 Å². The molecule has 1 aromatic rings. The third kappa shape index (κ3) is 2.63. The van der Waals surface area contributed by atoms with E-state index in [-0.39, 0.29) is 5.91 Å². The Morgan fingerprint density at radius 1 is 1.11 bits per heavy atom. The second-order valence-electron chi connectivity index (χ2n) is 5.46. The maximum atomic E-state index is 11.4. The molecule has 0 aromatic carbocycles. The van der Waals surface area contributed by atoms with Crippen LogP contribution in [0.3, 0.4) is 0 Å². The van der Waals surface area contributed by atoms with E-state index in [0.29, 0.717) is 6.54 Å². The van der Waals surface area contributed by atoms with Gasteiger partial charge in [-0.1, -0.05) is 6.42 Å². The first-order valence-corrected chi connectivity index (χ1v) is 7.13. The van der Waals surface area contributed by atoms with Gasteiger partial charge in [0.15, 0.2) is 5.82 Å². The van der Waals surface area contributed by atoms with Crippen molar-refractivity contribution in [2.75, 3.05) is 19.6 Å². The van der Waals surface area contributed by atoms with Crippen LogP contribution in [0.25, 0.3) is 0 Å². The summed E-state index contributed by atoms with van der Waals surface area (Å²) in [4.78, 5) is 15.7. The molecule has 3 heterocycles. The molecule has 104 valence electrons. The topological polar surface area (TPSA) is 54.3 Å². The second-order valence-corrected chi connectivity index (χ2v) is 5.46. The third-order valence-electron chi connectivity index (χ3n) is 4.09. The first-order chi connectivity index (χ1) is 9.24. The Morgan fingerprint density at radius 3 is 2.63 bits per heavy atom. The first kappa shape index (κ1) is 12.6. The summed E-state index contributed by atoms with van der Waals surface area (Å²) >= 11 is 0. The van der Waals surface area contributed by atoms with Crippen LogP contribution in [0.5, 0.6) is 0 Å². The molecule has 0 atom stereocenters. The molecule has 6 heteroatoms. The summed E-state index contributed by atoms with van der Waals surface area (Å²) in [5.41, 5.74) is 0. The number of nitrogens with zero attached hydrogens (tertiary/aromatic N) is 5. The van der Waals surface area contributed by atoms with Crippen LogP contribution in [-0.2, 0) is 24.4 Å². The second kappa shape index (κ2) is 5.28. The summed E-state index contributed by atoms with van der Waals surface area (Å²) in [6, 6.07) is 0. The zero-order chi connectivity index (χ0) is 13.2. The Labute approximate surface area is 113 Å². The Morgan fingerprint density at radius 2 is 1.89 bits per heavy atom. The smallest absolute Gasteiger partial charge is 0.219 e. The fraction of sp³-hybridized carbons (Fsp3) is 0.769. The highest BCUT2D eigenvalue weighted by Crippen LogP contribution is 2.16. The molecular weight excluding hydrogens is 242 g/mol. The molecule has 6 nitrogen and oxygen atoms in total. The van der Waals surface area contributed by atoms with E-state index >= 15 is 0 Å². The van der Waals surface area contributed by atoms with Crippen LogP contribution in [0.2, 0.25) is 0 Å². The molecule has 0 spiro atoms. The number of piperidine rings is 1. The van der Waals surface area contributed by atoms with Gasteiger partial charge in [0.1, 0.15) is 5.82 Å². The van der Waals surface area contributed by atoms with Gasteiger partial charge in [0.2, 0.25) is 5.91 Å². The SMILES string of the molecule is CC(=O)N1CCn2c(CN3CCCCC3)nnc2C1. The number of aromatic nitrogens is 3. The fourth-order valence-corrected chi connectivity index (χ4v) is 2.92. The number of amides is 1. The monoisotopic (exact) mass is 263 g/mol. The summed E-state index contributed by atoms with van der Waals surface area (Å²) in [5, 5.41) is 8.57. The summed E-state index contributed by atoms with van der Waals surface area (Å²) in [6.07, 6.45) is 3.93. The van der Waals surface area contributed by atoms with Crippen LogP contribution in [0, 0.1) is 0 Å². The van der Waals surface area contributed by atoms with Crippen LogP contribution in [0.1, 0.15) is 37.8 Å². The van der Waals surface area contributed by atoms with Crippen LogP contribution < -0.4 is 0 Å². The number of hydrogen-bond acceptors (Lipinski definition) is 4. The third-order valence-corrected chi connectivity index (χ3v) is 4.09. The van der Waals surface area contributed by atoms with Crippen LogP contribution in [0.15, 0.2) is 0 Å². The van der Waals surface area contributed by atoms with Crippen molar-refractivity contribution < 1.29 is 4.79 Å². The van der Waals surface area contributed by atoms with Crippen LogP contribution in [-0.4, -0.2) is 50.1 Å². The van der Waals surface area contributed by atoms with Gasteiger partial charge in [-0.15, -0.1) is 10.2 Å². The molecule has 1 saturated heterocycles. The van der Waals surface area contributed by atoms with E-state index in [1.54, 1.807) is 6.92 Å². The summed E-state index contributed by atoms with van der Waals surface area (Å²) in [6.45, 7) is 7.04. The van der Waals surface area contributed by atoms with Crippen molar-refractivity contribution in [2.24, 2.45) is 0 Å². The van der Waals surface area contributed by atoms with Gasteiger partial charge in [-0.05, 0) is 25.9 Å². The molecule has 1 aromatic heterocycles. The highest BCUT2D eigenvalue weighted by Gasteiger charge is 2.23. The number of carbonyl (C=O) groups excluding carboxylic acids is 1. The van der Waals surface area contributed by atoms with Gasteiger partial charge in [-0.25, -0.2) is 0 Å². The van der Waals surface area contributed by atoms with Gasteiger partial charge in [0.25, 0.3) is 0 Å². The average molecular weight is 263 g/mol. The Balaban J connectivity index is 1.70. The Hall–Kier alpha value is -1.43. The van der Waals surface area contributed by atoms with Gasteiger partial charge < -0.3 is 9.47 Å². The van der Waals surface area contributed by atoms with Crippen molar-refractivity contribution in [1.29, 1.82) is 0 Å². The quantitative estimate of drug-likeness (QED) is 0.785. The van der Waals surface area contributed by atoms with Crippen molar-refractivity contribution in [3.8, 4) is 0 Å². The lowest BCUT2D eigenvalue weighted by atomic mass is 10.1. The first-order valence-electron chi connectivity index (χ1n) is 7.13. The van der Waals surface area contributed by atoms with E-state index < -0.39 is 0 Å². The summed E-state index contributed by atoms with van der Waals surface area (Å²) < 4.78 is 2.19. The number of rotatable bonds is 2. The van der Waals surface area contributed by atoms with E-state index in [2.05, 4.69) is 19.7 Å². The van der Waals surface area contributed by atoms with E-state index in [0.717, 1.165) is 31.3 Å². The predicted octanol–water partition coefficient (Wildman–Crippen LogP) is 0.626. The van der Waals surface area contributed by atoms with Gasteiger partial charge in [-0.3, -0.25) is 9.69 Å². The minimum atomic E-state index is 0.117. The Bertz CT molecular complexity index is 464. The maximum absolute atomic E-state index is 11.4. The highest BCUT2D eigenvalue weighted by atomic mass is 16.2. The maximum Gasteiger partial charge on any atom is 0.219 e. The van der Waals surface area contributed by atoms with Crippen LogP contribution >= 0.6 is 0 Å². The molecule has 2 aliphatic heterocycles. The highest BCUT2D eigenvalue weighted by molar-refractivity contribution is 5.73. The largest absolute Gasteiger partial charge is 0.334 e.